The number of carbonyl (C=O) groups is 3. The van der Waals surface area contributed by atoms with Crippen LogP contribution >= 0.6 is 0 Å². The van der Waals surface area contributed by atoms with Gasteiger partial charge in [-0.25, -0.2) is 13.5 Å². The van der Waals surface area contributed by atoms with E-state index in [2.05, 4.69) is 20.6 Å². The van der Waals surface area contributed by atoms with E-state index in [9.17, 15) is 36.8 Å². The summed E-state index contributed by atoms with van der Waals surface area (Å²) in [6, 6.07) is 6.92. The fraction of sp³-hybridized carbons (Fsp3) is 0.269. The van der Waals surface area contributed by atoms with Crippen LogP contribution in [-0.2, 0) is 24.5 Å². The second-order valence-electron chi connectivity index (χ2n) is 9.18. The molecule has 0 aliphatic carbocycles. The topological polar surface area (TPSA) is 228 Å². The highest BCUT2D eigenvalue weighted by Gasteiger charge is 2.23. The number of hydrogen-bond acceptors (Lipinski definition) is 10. The molecule has 0 spiro atoms. The first-order chi connectivity index (χ1) is 20.7. The second kappa shape index (κ2) is 14.3. The molecule has 0 aliphatic heterocycles. The van der Waals surface area contributed by atoms with E-state index in [1.54, 1.807) is 17.0 Å². The number of carbonyl (C=O) groups excluding carboxylic acids is 1. The number of aromatic nitrogens is 2. The van der Waals surface area contributed by atoms with E-state index in [1.165, 1.54) is 19.1 Å². The molecular formula is C26H25F2N7O8S. The summed E-state index contributed by atoms with van der Waals surface area (Å²) in [5.74, 6) is -5.86. The van der Waals surface area contributed by atoms with Gasteiger partial charge in [-0.2, -0.15) is 18.8 Å². The molecule has 0 saturated carbocycles. The Morgan fingerprint density at radius 3 is 2.14 bits per heavy atom. The molecule has 1 heterocycles. The normalized spacial score (nSPS) is 11.3. The highest BCUT2D eigenvalue weighted by Crippen LogP contribution is 2.34. The van der Waals surface area contributed by atoms with Gasteiger partial charge in [-0.15, -0.1) is 10.2 Å². The molecule has 4 N–H and O–H groups in total. The van der Waals surface area contributed by atoms with Crippen LogP contribution in [0.1, 0.15) is 38.2 Å². The quantitative estimate of drug-likeness (QED) is 0.145. The summed E-state index contributed by atoms with van der Waals surface area (Å²) < 4.78 is 62.0. The van der Waals surface area contributed by atoms with Crippen LogP contribution in [0.15, 0.2) is 51.7 Å². The summed E-state index contributed by atoms with van der Waals surface area (Å²) in [5, 5.41) is 41.8. The molecule has 2 aromatic carbocycles. The molecule has 0 aliphatic rings. The molecule has 3 aromatic rings. The van der Waals surface area contributed by atoms with Crippen LogP contribution in [0.4, 0.5) is 31.7 Å². The molecule has 1 amide bonds. The summed E-state index contributed by atoms with van der Waals surface area (Å²) in [6.07, 6.45) is 1.18. The number of nitrogens with one attached hydrogen (secondary N) is 1. The lowest BCUT2D eigenvalue weighted by Gasteiger charge is -2.25. The van der Waals surface area contributed by atoms with Gasteiger partial charge in [0.1, 0.15) is 23.0 Å². The Morgan fingerprint density at radius 2 is 1.64 bits per heavy atom. The number of carboxylic acid groups (broad SMARTS) is 2. The van der Waals surface area contributed by atoms with Crippen LogP contribution in [0.5, 0.6) is 0 Å². The zero-order chi connectivity index (χ0) is 32.6. The molecule has 232 valence electrons. The molecule has 0 saturated heterocycles. The Labute approximate surface area is 248 Å². The Kier molecular flexibility index (Phi) is 10.8. The van der Waals surface area contributed by atoms with Crippen LogP contribution < -0.4 is 10.2 Å². The average molecular weight is 634 g/mol. The molecule has 1 aromatic heterocycles. The van der Waals surface area contributed by atoms with Crippen molar-refractivity contribution in [2.75, 3.05) is 23.3 Å². The van der Waals surface area contributed by atoms with E-state index in [0.29, 0.717) is 22.5 Å². The second-order valence-corrected chi connectivity index (χ2v) is 10.6. The minimum Gasteiger partial charge on any atom is -0.481 e. The van der Waals surface area contributed by atoms with Crippen LogP contribution in [0, 0.1) is 23.0 Å². The van der Waals surface area contributed by atoms with E-state index in [0.717, 1.165) is 6.20 Å². The maximum absolute atomic E-state index is 14.8. The maximum Gasteiger partial charge on any atom is 0.303 e. The minimum absolute atomic E-state index is 0.0271. The van der Waals surface area contributed by atoms with Crippen molar-refractivity contribution in [3.63, 3.8) is 0 Å². The number of rotatable bonds is 14. The van der Waals surface area contributed by atoms with E-state index in [-0.39, 0.29) is 55.7 Å². The lowest BCUT2D eigenvalue weighted by Crippen LogP contribution is -2.26. The molecule has 44 heavy (non-hydrogen) atoms. The van der Waals surface area contributed by atoms with Gasteiger partial charge in [0.15, 0.2) is 17.5 Å². The Balaban J connectivity index is 2.04. The largest absolute Gasteiger partial charge is 0.481 e. The number of nitriles is 1. The van der Waals surface area contributed by atoms with Gasteiger partial charge < -0.3 is 20.4 Å². The lowest BCUT2D eigenvalue weighted by atomic mass is 10.2. The number of carboxylic acids is 2. The number of anilines is 2. The summed E-state index contributed by atoms with van der Waals surface area (Å²) >= 11 is 0. The first-order valence-electron chi connectivity index (χ1n) is 12.7. The van der Waals surface area contributed by atoms with Crippen molar-refractivity contribution < 1.29 is 46.3 Å². The van der Waals surface area contributed by atoms with Crippen molar-refractivity contribution in [3.8, 4) is 11.8 Å². The first kappa shape index (κ1) is 33.2. The summed E-state index contributed by atoms with van der Waals surface area (Å²) in [7, 11) is -4.94. The SMILES string of the molecule is CC(=O)Nc1cc(N(CCCC(=O)O)CCCC(=O)O)ccc1N=Nc1c(C#N)cnn1-c1c(F)cc(S(=O)(=O)O)cc1F. The van der Waals surface area contributed by atoms with Crippen molar-refractivity contribution in [2.45, 2.75) is 37.5 Å². The highest BCUT2D eigenvalue weighted by molar-refractivity contribution is 7.85. The van der Waals surface area contributed by atoms with E-state index < -0.39 is 56.0 Å². The van der Waals surface area contributed by atoms with Crippen LogP contribution in [0.2, 0.25) is 0 Å². The molecule has 18 heteroatoms. The van der Waals surface area contributed by atoms with Crippen LogP contribution in [-0.4, -0.2) is 63.9 Å². The lowest BCUT2D eigenvalue weighted by molar-refractivity contribution is -0.138. The van der Waals surface area contributed by atoms with E-state index in [4.69, 9.17) is 14.8 Å². The van der Waals surface area contributed by atoms with Crippen LogP contribution in [0.3, 0.4) is 0 Å². The molecule has 15 nitrogen and oxygen atoms in total. The van der Waals surface area contributed by atoms with Gasteiger partial charge in [-0.05, 0) is 43.2 Å². The number of aliphatic carboxylic acids is 2. The van der Waals surface area contributed by atoms with Crippen molar-refractivity contribution in [1.82, 2.24) is 9.78 Å². The number of benzene rings is 2. The number of halogens is 2. The summed E-state index contributed by atoms with van der Waals surface area (Å²) in [5.41, 5.74) is -0.552. The van der Waals surface area contributed by atoms with Gasteiger partial charge in [-0.3, -0.25) is 18.9 Å². The van der Waals surface area contributed by atoms with Gasteiger partial charge in [0, 0.05) is 38.5 Å². The molecule has 0 unspecified atom stereocenters. The minimum atomic E-state index is -4.94. The standard InChI is InChI=1S/C26H25F2N7O8S/c1-15(36)31-22-10-17(34(8-2-4-23(37)38)9-3-5-24(39)40)6-7-21(22)32-33-26-16(13-29)14-30-35(26)25-19(27)11-18(12-20(25)28)44(41,42)43/h6-7,10-12,14H,2-5,8-9H2,1H3,(H,31,36)(H,37,38)(H,39,40)(H,41,42,43). The monoisotopic (exact) mass is 633 g/mol. The highest BCUT2D eigenvalue weighted by atomic mass is 32.2. The summed E-state index contributed by atoms with van der Waals surface area (Å²) in [4.78, 5) is 34.6. The van der Waals surface area contributed by atoms with Crippen molar-refractivity contribution in [1.29, 1.82) is 5.26 Å². The number of hydrogen-bond donors (Lipinski definition) is 4. The van der Waals surface area contributed by atoms with Gasteiger partial charge in [0.05, 0.1) is 16.8 Å². The molecule has 0 atom stereocenters. The summed E-state index contributed by atoms with van der Waals surface area (Å²) in [6.45, 7) is 1.73. The van der Waals surface area contributed by atoms with Gasteiger partial charge in [0.2, 0.25) is 5.91 Å². The van der Waals surface area contributed by atoms with Gasteiger partial charge in [-0.1, -0.05) is 0 Å². The molecule has 0 fully saturated rings. The van der Waals surface area contributed by atoms with Crippen molar-refractivity contribution >= 4 is 50.8 Å². The zero-order valence-corrected chi connectivity index (χ0v) is 23.8. The number of nitrogens with zero attached hydrogens (tertiary/aromatic N) is 6. The molecule has 0 bridgehead atoms. The predicted octanol–water partition coefficient (Wildman–Crippen LogP) is 4.18. The Hall–Kier alpha value is -5.28. The number of amides is 1. The maximum atomic E-state index is 14.8. The molecule has 0 radical (unpaired) electrons. The van der Waals surface area contributed by atoms with Crippen molar-refractivity contribution in [2.24, 2.45) is 10.2 Å². The molecular weight excluding hydrogens is 608 g/mol. The molecule has 3 rings (SSSR count). The third-order valence-corrected chi connectivity index (χ3v) is 6.74. The fourth-order valence-electron chi connectivity index (χ4n) is 3.99. The predicted molar refractivity (Wildman–Crippen MR) is 149 cm³/mol. The first-order valence-corrected chi connectivity index (χ1v) is 14.1. The third-order valence-electron chi connectivity index (χ3n) is 5.91. The Morgan fingerprint density at radius 1 is 1.05 bits per heavy atom. The van der Waals surface area contributed by atoms with Crippen LogP contribution in [0.25, 0.3) is 5.69 Å². The third kappa shape index (κ3) is 8.62. The van der Waals surface area contributed by atoms with E-state index in [1.807, 2.05) is 0 Å². The van der Waals surface area contributed by atoms with Crippen molar-refractivity contribution in [3.05, 3.63) is 53.7 Å². The smallest absolute Gasteiger partial charge is 0.303 e. The average Bonchev–Trinajstić information content (AvgIpc) is 3.32. The van der Waals surface area contributed by atoms with Gasteiger partial charge >= 0.3 is 11.9 Å². The number of azo groups is 1. The van der Waals surface area contributed by atoms with E-state index >= 15 is 0 Å². The zero-order valence-electron chi connectivity index (χ0n) is 22.9. The fourth-order valence-corrected chi connectivity index (χ4v) is 4.49. The Bertz CT molecular complexity index is 1730. The van der Waals surface area contributed by atoms with Gasteiger partial charge in [0.25, 0.3) is 10.1 Å².